The van der Waals surface area contributed by atoms with E-state index in [9.17, 15) is 4.79 Å². The molecule has 1 N–H and O–H groups in total. The maximum atomic E-state index is 11.9. The molecule has 0 radical (unpaired) electrons. The number of amides is 1. The number of para-hydroxylation sites is 1. The maximum absolute atomic E-state index is 11.9. The summed E-state index contributed by atoms with van der Waals surface area (Å²) in [6, 6.07) is 17.8. The molecule has 2 aromatic carbocycles. The first-order valence-corrected chi connectivity index (χ1v) is 8.70. The highest BCUT2D eigenvalue weighted by atomic mass is 16.5. The molecule has 0 unspecified atom stereocenters. The van der Waals surface area contributed by atoms with Gasteiger partial charge in [0.15, 0.2) is 6.61 Å². The van der Waals surface area contributed by atoms with Crippen LogP contribution in [-0.4, -0.2) is 19.1 Å². The Labute approximate surface area is 147 Å². The summed E-state index contributed by atoms with van der Waals surface area (Å²) >= 11 is 0. The molecule has 4 heteroatoms. The first-order chi connectivity index (χ1) is 12.2. The molecular weight excluding hydrogens is 314 g/mol. The van der Waals surface area contributed by atoms with Gasteiger partial charge in [0, 0.05) is 18.4 Å². The molecule has 3 rings (SSSR count). The van der Waals surface area contributed by atoms with Crippen LogP contribution in [0.15, 0.2) is 59.0 Å². The second-order valence-corrected chi connectivity index (χ2v) is 6.03. The highest BCUT2D eigenvalue weighted by molar-refractivity contribution is 5.78. The quantitative estimate of drug-likeness (QED) is 0.672. The third-order valence-corrected chi connectivity index (χ3v) is 4.00. The van der Waals surface area contributed by atoms with Gasteiger partial charge in [-0.05, 0) is 36.2 Å². The van der Waals surface area contributed by atoms with E-state index in [0.717, 1.165) is 29.6 Å². The molecule has 0 aliphatic carbocycles. The summed E-state index contributed by atoms with van der Waals surface area (Å²) in [5.74, 6) is 1.45. The van der Waals surface area contributed by atoms with Gasteiger partial charge < -0.3 is 14.5 Å². The molecule has 25 heavy (non-hydrogen) atoms. The first-order valence-electron chi connectivity index (χ1n) is 8.70. The third-order valence-electron chi connectivity index (χ3n) is 4.00. The minimum atomic E-state index is -0.131. The van der Waals surface area contributed by atoms with E-state index in [1.165, 1.54) is 5.56 Å². The van der Waals surface area contributed by atoms with Gasteiger partial charge in [-0.2, -0.15) is 0 Å². The molecule has 0 fully saturated rings. The number of carbonyl (C=O) groups excluding carboxylic acids is 1. The number of carbonyl (C=O) groups is 1. The summed E-state index contributed by atoms with van der Waals surface area (Å²) in [4.78, 5) is 11.9. The van der Waals surface area contributed by atoms with Gasteiger partial charge in [-0.25, -0.2) is 0 Å². The lowest BCUT2D eigenvalue weighted by molar-refractivity contribution is -0.123. The van der Waals surface area contributed by atoms with Crippen LogP contribution in [0.4, 0.5) is 0 Å². The number of ether oxygens (including phenoxy) is 1. The van der Waals surface area contributed by atoms with Crippen molar-refractivity contribution in [3.05, 3.63) is 65.9 Å². The van der Waals surface area contributed by atoms with E-state index in [0.29, 0.717) is 18.7 Å². The van der Waals surface area contributed by atoms with Crippen LogP contribution in [0.3, 0.4) is 0 Å². The van der Waals surface area contributed by atoms with Gasteiger partial charge in [0.2, 0.25) is 0 Å². The predicted octanol–water partition coefficient (Wildman–Crippen LogP) is 4.12. The monoisotopic (exact) mass is 337 g/mol. The molecule has 1 aromatic heterocycles. The fraction of sp³-hybridized carbons (Fsp3) is 0.286. The fourth-order valence-corrected chi connectivity index (χ4v) is 2.73. The van der Waals surface area contributed by atoms with Crippen molar-refractivity contribution in [2.24, 2.45) is 0 Å². The van der Waals surface area contributed by atoms with Gasteiger partial charge in [0.25, 0.3) is 5.91 Å². The predicted molar refractivity (Wildman–Crippen MR) is 98.9 cm³/mol. The molecule has 0 spiro atoms. The van der Waals surface area contributed by atoms with Crippen LogP contribution in [0, 0.1) is 0 Å². The topological polar surface area (TPSA) is 51.5 Å². The SMILES string of the molecule is CCCc1ccc(OCC(=O)NCCc2cc3ccccc3o2)cc1. The molecule has 4 nitrogen and oxygen atoms in total. The van der Waals surface area contributed by atoms with Gasteiger partial charge in [-0.3, -0.25) is 4.79 Å². The Morgan fingerprint density at radius 1 is 1.08 bits per heavy atom. The molecule has 0 bridgehead atoms. The van der Waals surface area contributed by atoms with Crippen molar-refractivity contribution in [2.45, 2.75) is 26.2 Å². The Bertz CT molecular complexity index is 788. The Balaban J connectivity index is 1.40. The maximum Gasteiger partial charge on any atom is 0.257 e. The van der Waals surface area contributed by atoms with E-state index in [1.807, 2.05) is 54.6 Å². The summed E-state index contributed by atoms with van der Waals surface area (Å²) in [6.45, 7) is 2.70. The zero-order valence-corrected chi connectivity index (χ0v) is 14.5. The zero-order chi connectivity index (χ0) is 17.5. The van der Waals surface area contributed by atoms with Crippen LogP contribution in [0.2, 0.25) is 0 Å². The molecule has 0 aliphatic rings. The normalized spacial score (nSPS) is 10.8. The number of nitrogens with one attached hydrogen (secondary N) is 1. The smallest absolute Gasteiger partial charge is 0.257 e. The van der Waals surface area contributed by atoms with E-state index in [-0.39, 0.29) is 12.5 Å². The largest absolute Gasteiger partial charge is 0.484 e. The number of furan rings is 1. The number of aryl methyl sites for hydroxylation is 1. The van der Waals surface area contributed by atoms with E-state index >= 15 is 0 Å². The second kappa shape index (κ2) is 8.38. The third kappa shape index (κ3) is 4.86. The number of fused-ring (bicyclic) bond motifs is 1. The van der Waals surface area contributed by atoms with Gasteiger partial charge >= 0.3 is 0 Å². The second-order valence-electron chi connectivity index (χ2n) is 6.03. The Kier molecular flexibility index (Phi) is 5.73. The summed E-state index contributed by atoms with van der Waals surface area (Å²) in [7, 11) is 0. The lowest BCUT2D eigenvalue weighted by atomic mass is 10.1. The molecule has 130 valence electrons. The Morgan fingerprint density at radius 2 is 1.88 bits per heavy atom. The molecule has 0 saturated carbocycles. The van der Waals surface area contributed by atoms with E-state index in [4.69, 9.17) is 9.15 Å². The van der Waals surface area contributed by atoms with Crippen molar-refractivity contribution in [3.8, 4) is 5.75 Å². The molecule has 3 aromatic rings. The molecular formula is C21H23NO3. The van der Waals surface area contributed by atoms with Crippen molar-refractivity contribution in [1.82, 2.24) is 5.32 Å². The molecule has 0 atom stereocenters. The van der Waals surface area contributed by atoms with Crippen molar-refractivity contribution in [1.29, 1.82) is 0 Å². The number of hydrogen-bond donors (Lipinski definition) is 1. The van der Waals surface area contributed by atoms with Crippen LogP contribution in [0.25, 0.3) is 11.0 Å². The molecule has 0 aliphatic heterocycles. The van der Waals surface area contributed by atoms with E-state index in [2.05, 4.69) is 12.2 Å². The molecule has 1 amide bonds. The summed E-state index contributed by atoms with van der Waals surface area (Å²) < 4.78 is 11.2. The Hall–Kier alpha value is -2.75. The number of rotatable bonds is 8. The van der Waals surface area contributed by atoms with Crippen molar-refractivity contribution in [3.63, 3.8) is 0 Å². The number of hydrogen-bond acceptors (Lipinski definition) is 3. The van der Waals surface area contributed by atoms with Crippen LogP contribution in [0.1, 0.15) is 24.7 Å². The standard InChI is InChI=1S/C21H23NO3/c1-2-5-16-8-10-18(11-9-16)24-15-21(23)22-13-12-19-14-17-6-3-4-7-20(17)25-19/h3-4,6-11,14H,2,5,12-13,15H2,1H3,(H,22,23). The lowest BCUT2D eigenvalue weighted by Gasteiger charge is -2.07. The van der Waals surface area contributed by atoms with Crippen LogP contribution in [-0.2, 0) is 17.6 Å². The van der Waals surface area contributed by atoms with Gasteiger partial charge in [0.05, 0.1) is 0 Å². The highest BCUT2D eigenvalue weighted by Crippen LogP contribution is 2.18. The average Bonchev–Trinajstić information content (AvgIpc) is 3.04. The van der Waals surface area contributed by atoms with Crippen LogP contribution < -0.4 is 10.1 Å². The van der Waals surface area contributed by atoms with Crippen molar-refractivity contribution >= 4 is 16.9 Å². The van der Waals surface area contributed by atoms with Crippen LogP contribution >= 0.6 is 0 Å². The van der Waals surface area contributed by atoms with Crippen LogP contribution in [0.5, 0.6) is 5.75 Å². The fourth-order valence-electron chi connectivity index (χ4n) is 2.73. The summed E-state index contributed by atoms with van der Waals surface area (Å²) in [5.41, 5.74) is 2.16. The minimum Gasteiger partial charge on any atom is -0.484 e. The highest BCUT2D eigenvalue weighted by Gasteiger charge is 2.06. The van der Waals surface area contributed by atoms with Gasteiger partial charge in [0.1, 0.15) is 17.1 Å². The zero-order valence-electron chi connectivity index (χ0n) is 14.5. The van der Waals surface area contributed by atoms with Gasteiger partial charge in [-0.15, -0.1) is 0 Å². The lowest BCUT2D eigenvalue weighted by Crippen LogP contribution is -2.30. The summed E-state index contributed by atoms with van der Waals surface area (Å²) in [5, 5.41) is 3.94. The van der Waals surface area contributed by atoms with Gasteiger partial charge in [-0.1, -0.05) is 43.7 Å². The first kappa shape index (κ1) is 17.1. The van der Waals surface area contributed by atoms with E-state index in [1.54, 1.807) is 0 Å². The molecule has 0 saturated heterocycles. The summed E-state index contributed by atoms with van der Waals surface area (Å²) in [6.07, 6.45) is 2.84. The van der Waals surface area contributed by atoms with Crippen molar-refractivity contribution < 1.29 is 13.9 Å². The Morgan fingerprint density at radius 3 is 2.64 bits per heavy atom. The molecule has 1 heterocycles. The van der Waals surface area contributed by atoms with E-state index < -0.39 is 0 Å². The van der Waals surface area contributed by atoms with Crippen molar-refractivity contribution in [2.75, 3.05) is 13.2 Å². The number of benzene rings is 2. The minimum absolute atomic E-state index is 0.0211. The average molecular weight is 337 g/mol.